The lowest BCUT2D eigenvalue weighted by Gasteiger charge is -2.14. The van der Waals surface area contributed by atoms with Crippen LogP contribution in [-0.2, 0) is 9.59 Å². The molecule has 0 spiro atoms. The van der Waals surface area contributed by atoms with Crippen molar-refractivity contribution in [2.75, 3.05) is 26.0 Å². The third-order valence-electron chi connectivity index (χ3n) is 3.25. The van der Waals surface area contributed by atoms with E-state index in [0.29, 0.717) is 22.7 Å². The monoisotopic (exact) mass is 303 g/mol. The molecule has 1 aromatic carbocycles. The molecule has 7 heteroatoms. The SMILES string of the molecule is CNC(=O)c1cc(NC2=CC(=O)N(C(C)=O)C2)ccc1OC. The van der Waals surface area contributed by atoms with Crippen LogP contribution < -0.4 is 15.4 Å². The molecule has 7 nitrogen and oxygen atoms in total. The molecule has 0 aliphatic carbocycles. The van der Waals surface area contributed by atoms with Crippen LogP contribution in [0.25, 0.3) is 0 Å². The highest BCUT2D eigenvalue weighted by atomic mass is 16.5. The fraction of sp³-hybridized carbons (Fsp3) is 0.267. The zero-order valence-electron chi connectivity index (χ0n) is 12.6. The number of ether oxygens (including phenoxy) is 1. The number of nitrogens with zero attached hydrogens (tertiary/aromatic N) is 1. The number of carbonyl (C=O) groups is 3. The van der Waals surface area contributed by atoms with E-state index in [9.17, 15) is 14.4 Å². The molecule has 2 N–H and O–H groups in total. The molecule has 0 aromatic heterocycles. The lowest BCUT2D eigenvalue weighted by Crippen LogP contribution is -2.31. The molecule has 116 valence electrons. The highest BCUT2D eigenvalue weighted by Gasteiger charge is 2.24. The number of amides is 3. The van der Waals surface area contributed by atoms with Crippen LogP contribution in [0.3, 0.4) is 0 Å². The Bertz CT molecular complexity index is 667. The highest BCUT2D eigenvalue weighted by Crippen LogP contribution is 2.24. The van der Waals surface area contributed by atoms with Gasteiger partial charge in [0.1, 0.15) is 5.75 Å². The molecule has 1 aliphatic rings. The van der Waals surface area contributed by atoms with E-state index < -0.39 is 0 Å². The van der Waals surface area contributed by atoms with Crippen LogP contribution in [0.1, 0.15) is 17.3 Å². The van der Waals surface area contributed by atoms with Crippen LogP contribution in [0, 0.1) is 0 Å². The van der Waals surface area contributed by atoms with Crippen LogP contribution >= 0.6 is 0 Å². The van der Waals surface area contributed by atoms with Gasteiger partial charge in [0.25, 0.3) is 11.8 Å². The summed E-state index contributed by atoms with van der Waals surface area (Å²) in [5.41, 5.74) is 1.60. The Balaban J connectivity index is 2.21. The van der Waals surface area contributed by atoms with Crippen LogP contribution in [-0.4, -0.2) is 43.3 Å². The summed E-state index contributed by atoms with van der Waals surface area (Å²) in [7, 11) is 3.02. The van der Waals surface area contributed by atoms with Gasteiger partial charge in [-0.15, -0.1) is 0 Å². The van der Waals surface area contributed by atoms with Gasteiger partial charge in [-0.2, -0.15) is 0 Å². The summed E-state index contributed by atoms with van der Waals surface area (Å²) in [6, 6.07) is 5.01. The van der Waals surface area contributed by atoms with Gasteiger partial charge in [-0.3, -0.25) is 19.3 Å². The number of carbonyl (C=O) groups excluding carboxylic acids is 3. The molecule has 0 bridgehead atoms. The summed E-state index contributed by atoms with van der Waals surface area (Å²) in [5.74, 6) is -0.483. The van der Waals surface area contributed by atoms with E-state index in [1.807, 2.05) is 0 Å². The minimum absolute atomic E-state index is 0.190. The van der Waals surface area contributed by atoms with E-state index in [1.165, 1.54) is 27.2 Å². The average molecular weight is 303 g/mol. The van der Waals surface area contributed by atoms with E-state index in [2.05, 4.69) is 10.6 Å². The summed E-state index contributed by atoms with van der Waals surface area (Å²) < 4.78 is 5.15. The van der Waals surface area contributed by atoms with Gasteiger partial charge < -0.3 is 15.4 Å². The first kappa shape index (κ1) is 15.6. The van der Waals surface area contributed by atoms with Crippen molar-refractivity contribution in [2.45, 2.75) is 6.92 Å². The van der Waals surface area contributed by atoms with Crippen LogP contribution in [0.4, 0.5) is 5.69 Å². The van der Waals surface area contributed by atoms with Crippen molar-refractivity contribution >= 4 is 23.4 Å². The van der Waals surface area contributed by atoms with E-state index >= 15 is 0 Å². The average Bonchev–Trinajstić information content (AvgIpc) is 2.87. The number of methoxy groups -OCH3 is 1. The van der Waals surface area contributed by atoms with Crippen molar-refractivity contribution in [3.63, 3.8) is 0 Å². The van der Waals surface area contributed by atoms with Crippen molar-refractivity contribution in [1.82, 2.24) is 10.2 Å². The van der Waals surface area contributed by atoms with Crippen molar-refractivity contribution in [3.8, 4) is 5.75 Å². The van der Waals surface area contributed by atoms with Crippen molar-refractivity contribution in [3.05, 3.63) is 35.5 Å². The molecule has 1 aromatic rings. The highest BCUT2D eigenvalue weighted by molar-refractivity contribution is 6.03. The topological polar surface area (TPSA) is 87.7 Å². The number of hydrogen-bond acceptors (Lipinski definition) is 5. The molecule has 3 amide bonds. The van der Waals surface area contributed by atoms with E-state index in [0.717, 1.165) is 4.90 Å². The molecule has 0 unspecified atom stereocenters. The normalized spacial score (nSPS) is 13.7. The summed E-state index contributed by atoms with van der Waals surface area (Å²) in [6.45, 7) is 1.53. The molecule has 0 radical (unpaired) electrons. The zero-order valence-corrected chi connectivity index (χ0v) is 12.6. The molecule has 2 rings (SSSR count). The maximum atomic E-state index is 11.8. The minimum Gasteiger partial charge on any atom is -0.496 e. The molecule has 0 fully saturated rings. The van der Waals surface area contributed by atoms with Gasteiger partial charge in [-0.25, -0.2) is 0 Å². The number of benzene rings is 1. The van der Waals surface area contributed by atoms with Gasteiger partial charge in [0.15, 0.2) is 0 Å². The van der Waals surface area contributed by atoms with Crippen LogP contribution in [0.5, 0.6) is 5.75 Å². The van der Waals surface area contributed by atoms with Crippen molar-refractivity contribution in [2.24, 2.45) is 0 Å². The minimum atomic E-state index is -0.352. The van der Waals surface area contributed by atoms with Crippen LogP contribution in [0.15, 0.2) is 30.0 Å². The van der Waals surface area contributed by atoms with E-state index in [4.69, 9.17) is 4.74 Å². The summed E-state index contributed by atoms with van der Waals surface area (Å²) in [5, 5.41) is 5.58. The number of rotatable bonds is 4. The molecule has 1 heterocycles. The van der Waals surface area contributed by atoms with Crippen LogP contribution in [0.2, 0.25) is 0 Å². The first-order valence-corrected chi connectivity index (χ1v) is 6.66. The third-order valence-corrected chi connectivity index (χ3v) is 3.25. The van der Waals surface area contributed by atoms with Gasteiger partial charge >= 0.3 is 0 Å². The molecular formula is C15H17N3O4. The summed E-state index contributed by atoms with van der Waals surface area (Å²) >= 11 is 0. The third kappa shape index (κ3) is 3.08. The molecule has 0 saturated carbocycles. The number of nitrogens with one attached hydrogen (secondary N) is 2. The second-order valence-electron chi connectivity index (χ2n) is 4.73. The Labute approximate surface area is 127 Å². The maximum Gasteiger partial charge on any atom is 0.255 e. The Morgan fingerprint density at radius 2 is 2.05 bits per heavy atom. The quantitative estimate of drug-likeness (QED) is 0.856. The lowest BCUT2D eigenvalue weighted by atomic mass is 10.1. The Morgan fingerprint density at radius 1 is 1.32 bits per heavy atom. The first-order valence-electron chi connectivity index (χ1n) is 6.66. The zero-order chi connectivity index (χ0) is 16.3. The van der Waals surface area contributed by atoms with Gasteiger partial charge in [0.2, 0.25) is 5.91 Å². The fourth-order valence-electron chi connectivity index (χ4n) is 2.15. The standard InChI is InChI=1S/C15H17N3O4/c1-9(19)18-8-11(7-14(18)20)17-10-4-5-13(22-3)12(6-10)15(21)16-2/h4-7,17H,8H2,1-3H3,(H,16,21). The van der Waals surface area contributed by atoms with Gasteiger partial charge in [0, 0.05) is 31.4 Å². The molecule has 0 saturated heterocycles. The predicted octanol–water partition coefficient (Wildman–Crippen LogP) is 0.739. The van der Waals surface area contributed by atoms with Crippen molar-refractivity contribution in [1.29, 1.82) is 0 Å². The van der Waals surface area contributed by atoms with Gasteiger partial charge in [-0.05, 0) is 18.2 Å². The van der Waals surface area contributed by atoms with E-state index in [1.54, 1.807) is 18.2 Å². The van der Waals surface area contributed by atoms with Gasteiger partial charge in [-0.1, -0.05) is 0 Å². The number of imide groups is 1. The van der Waals surface area contributed by atoms with Crippen molar-refractivity contribution < 1.29 is 19.1 Å². The van der Waals surface area contributed by atoms with E-state index in [-0.39, 0.29) is 24.3 Å². The number of anilines is 1. The summed E-state index contributed by atoms with van der Waals surface area (Å²) in [4.78, 5) is 35.9. The summed E-state index contributed by atoms with van der Waals surface area (Å²) in [6.07, 6.45) is 1.37. The van der Waals surface area contributed by atoms with Gasteiger partial charge in [0.05, 0.1) is 19.2 Å². The molecule has 22 heavy (non-hydrogen) atoms. The Kier molecular flexibility index (Phi) is 4.45. The molecular weight excluding hydrogens is 286 g/mol. The number of hydrogen-bond donors (Lipinski definition) is 2. The molecule has 1 aliphatic heterocycles. The Hall–Kier alpha value is -2.83. The predicted molar refractivity (Wildman–Crippen MR) is 80.5 cm³/mol. The largest absolute Gasteiger partial charge is 0.496 e. The molecule has 0 atom stereocenters. The lowest BCUT2D eigenvalue weighted by molar-refractivity contribution is -0.138. The smallest absolute Gasteiger partial charge is 0.255 e. The fourth-order valence-corrected chi connectivity index (χ4v) is 2.15. The first-order chi connectivity index (χ1) is 10.5. The maximum absolute atomic E-state index is 11.8. The second kappa shape index (κ2) is 6.30. The second-order valence-corrected chi connectivity index (χ2v) is 4.73. The Morgan fingerprint density at radius 3 is 2.59 bits per heavy atom.